The van der Waals surface area contributed by atoms with Crippen molar-refractivity contribution in [2.45, 2.75) is 44.9 Å². The first-order chi connectivity index (χ1) is 8.39. The molecule has 0 aromatic carbocycles. The number of hydrogen-bond acceptors (Lipinski definition) is 2. The molecule has 2 rings (SSSR count). The van der Waals surface area contributed by atoms with Crippen LogP contribution in [-0.2, 0) is 0 Å². The van der Waals surface area contributed by atoms with Crippen molar-refractivity contribution in [3.63, 3.8) is 0 Å². The minimum atomic E-state index is -2.31. The number of pyridine rings is 1. The lowest BCUT2D eigenvalue weighted by molar-refractivity contribution is 0.156. The van der Waals surface area contributed by atoms with Crippen LogP contribution in [0.25, 0.3) is 0 Å². The van der Waals surface area contributed by atoms with Crippen LogP contribution in [0.1, 0.15) is 53.4 Å². The molecule has 0 aliphatic heterocycles. The summed E-state index contributed by atoms with van der Waals surface area (Å²) >= 11 is 0. The van der Waals surface area contributed by atoms with E-state index in [1.807, 2.05) is 0 Å². The molecule has 0 spiro atoms. The Morgan fingerprint density at radius 2 is 2.13 bits per heavy atom. The summed E-state index contributed by atoms with van der Waals surface area (Å²) in [6.45, 7) is -2.31. The van der Waals surface area contributed by atoms with E-state index in [1.54, 1.807) is 0 Å². The first-order valence-electron chi connectivity index (χ1n) is 6.86. The molecule has 1 N–H and O–H groups in total. The third-order valence-corrected chi connectivity index (χ3v) is 3.06. The normalized spacial score (nSPS) is 21.7. The van der Waals surface area contributed by atoms with Crippen molar-refractivity contribution in [1.82, 2.24) is 4.73 Å². The van der Waals surface area contributed by atoms with Gasteiger partial charge in [-0.2, -0.15) is 4.73 Å². The Morgan fingerprint density at radius 1 is 1.40 bits per heavy atom. The van der Waals surface area contributed by atoms with Crippen LogP contribution in [0.3, 0.4) is 0 Å². The summed E-state index contributed by atoms with van der Waals surface area (Å²) < 4.78 is 22.7. The summed E-state index contributed by atoms with van der Waals surface area (Å²) in [5.41, 5.74) is -0.212. The van der Waals surface area contributed by atoms with Crippen molar-refractivity contribution in [3.8, 4) is 0 Å². The summed E-state index contributed by atoms with van der Waals surface area (Å²) in [6, 6.07) is 2.43. The highest BCUT2D eigenvalue weighted by atomic mass is 16.5. The predicted molar refractivity (Wildman–Crippen MR) is 58.4 cm³/mol. The first kappa shape index (κ1) is 7.09. The quantitative estimate of drug-likeness (QED) is 0.723. The Labute approximate surface area is 93.5 Å². The van der Waals surface area contributed by atoms with E-state index >= 15 is 0 Å². The molecule has 0 bridgehead atoms. The topological polar surface area (TPSA) is 42.2 Å². The van der Waals surface area contributed by atoms with E-state index in [0.29, 0.717) is 10.4 Å². The zero-order valence-corrected chi connectivity index (χ0v) is 8.57. The molecule has 1 aliphatic rings. The van der Waals surface area contributed by atoms with Gasteiger partial charge in [0.1, 0.15) is 0 Å². The number of nitrogens with zero attached hydrogens (tertiary/aromatic N) is 1. The van der Waals surface area contributed by atoms with E-state index in [9.17, 15) is 10.0 Å². The zero-order valence-electron chi connectivity index (χ0n) is 11.6. The van der Waals surface area contributed by atoms with Gasteiger partial charge in [0.05, 0.1) is 5.69 Å². The molecule has 1 aromatic rings. The van der Waals surface area contributed by atoms with Crippen molar-refractivity contribution in [2.24, 2.45) is 0 Å². The van der Waals surface area contributed by atoms with Gasteiger partial charge >= 0.3 is 0 Å². The molecule has 1 fully saturated rings. The molecule has 0 radical (unpaired) electrons. The van der Waals surface area contributed by atoms with Crippen molar-refractivity contribution in [1.29, 1.82) is 0 Å². The molecule has 1 heterocycles. The van der Waals surface area contributed by atoms with E-state index in [1.165, 1.54) is 6.07 Å². The largest absolute Gasteiger partial charge is 0.425 e. The molecule has 0 atom stereocenters. The second-order valence-electron chi connectivity index (χ2n) is 4.15. The van der Waals surface area contributed by atoms with E-state index in [2.05, 4.69) is 0 Å². The second-order valence-corrected chi connectivity index (χ2v) is 4.15. The van der Waals surface area contributed by atoms with Crippen LogP contribution in [0.5, 0.6) is 0 Å². The van der Waals surface area contributed by atoms with E-state index in [-0.39, 0.29) is 11.5 Å². The van der Waals surface area contributed by atoms with Crippen LogP contribution < -0.4 is 5.56 Å². The van der Waals surface area contributed by atoms with Gasteiger partial charge in [0, 0.05) is 16.1 Å². The Bertz CT molecular complexity index is 487. The SMILES string of the molecule is [2H]C([2H])([2H])c1cc(C2CCCCC2)n(O)c(=O)c1. The molecule has 82 valence electrons. The van der Waals surface area contributed by atoms with Gasteiger partial charge in [0.25, 0.3) is 5.56 Å². The Morgan fingerprint density at radius 3 is 2.80 bits per heavy atom. The molecule has 0 unspecified atom stereocenters. The van der Waals surface area contributed by atoms with Gasteiger partial charge in [0.15, 0.2) is 0 Å². The minimum Gasteiger partial charge on any atom is -0.425 e. The lowest BCUT2D eigenvalue weighted by atomic mass is 9.86. The van der Waals surface area contributed by atoms with Crippen molar-refractivity contribution < 1.29 is 9.32 Å². The van der Waals surface area contributed by atoms with Gasteiger partial charge in [-0.1, -0.05) is 19.3 Å². The van der Waals surface area contributed by atoms with E-state index in [4.69, 9.17) is 4.11 Å². The highest BCUT2D eigenvalue weighted by molar-refractivity contribution is 5.19. The summed E-state index contributed by atoms with van der Waals surface area (Å²) in [7, 11) is 0. The number of aryl methyl sites for hydroxylation is 1. The standard InChI is InChI=1S/C12H17NO2/c1-9-7-11(13(15)12(14)8-9)10-5-3-2-4-6-10/h7-8,10,15H,2-6H2,1H3/i1D3. The Kier molecular flexibility index (Phi) is 1.93. The number of aromatic nitrogens is 1. The fourth-order valence-corrected chi connectivity index (χ4v) is 2.27. The highest BCUT2D eigenvalue weighted by Crippen LogP contribution is 2.31. The maximum Gasteiger partial charge on any atom is 0.283 e. The van der Waals surface area contributed by atoms with Crippen molar-refractivity contribution in [3.05, 3.63) is 33.7 Å². The van der Waals surface area contributed by atoms with Gasteiger partial charge in [-0.15, -0.1) is 0 Å². The van der Waals surface area contributed by atoms with Crippen LogP contribution in [0.4, 0.5) is 0 Å². The maximum absolute atomic E-state index is 11.6. The third-order valence-electron chi connectivity index (χ3n) is 3.06. The molecular formula is C12H17NO2. The van der Waals surface area contributed by atoms with Gasteiger partial charge in [-0.3, -0.25) is 4.79 Å². The Hall–Kier alpha value is -1.25. The predicted octanol–water partition coefficient (Wildman–Crippen LogP) is 2.44. The van der Waals surface area contributed by atoms with Crippen LogP contribution in [0, 0.1) is 6.85 Å². The van der Waals surface area contributed by atoms with Crippen LogP contribution in [-0.4, -0.2) is 9.94 Å². The van der Waals surface area contributed by atoms with E-state index in [0.717, 1.165) is 38.2 Å². The van der Waals surface area contributed by atoms with E-state index < -0.39 is 12.4 Å². The fraction of sp³-hybridized carbons (Fsp3) is 0.583. The molecule has 1 aromatic heterocycles. The van der Waals surface area contributed by atoms with Crippen molar-refractivity contribution in [2.75, 3.05) is 0 Å². The highest BCUT2D eigenvalue weighted by Gasteiger charge is 2.19. The minimum absolute atomic E-state index is 0.0124. The summed E-state index contributed by atoms with van der Waals surface area (Å²) in [5.74, 6) is 0.0822. The molecule has 15 heavy (non-hydrogen) atoms. The summed E-state index contributed by atoms with van der Waals surface area (Å²) in [4.78, 5) is 11.6. The number of hydrogen-bond donors (Lipinski definition) is 1. The van der Waals surface area contributed by atoms with Gasteiger partial charge < -0.3 is 5.21 Å². The molecule has 3 nitrogen and oxygen atoms in total. The molecule has 3 heteroatoms. The summed E-state index contributed by atoms with van der Waals surface area (Å²) in [6.07, 6.45) is 5.05. The number of rotatable bonds is 1. The van der Waals surface area contributed by atoms with Crippen LogP contribution in [0.2, 0.25) is 0 Å². The molecule has 1 saturated carbocycles. The van der Waals surface area contributed by atoms with Crippen molar-refractivity contribution >= 4 is 0 Å². The lowest BCUT2D eigenvalue weighted by Crippen LogP contribution is -2.23. The molecule has 0 saturated heterocycles. The fourth-order valence-electron chi connectivity index (χ4n) is 2.27. The van der Waals surface area contributed by atoms with Gasteiger partial charge in [-0.05, 0) is 31.3 Å². The van der Waals surface area contributed by atoms with Gasteiger partial charge in [0.2, 0.25) is 0 Å². The smallest absolute Gasteiger partial charge is 0.283 e. The van der Waals surface area contributed by atoms with Gasteiger partial charge in [-0.25, -0.2) is 0 Å². The monoisotopic (exact) mass is 210 g/mol. The average Bonchev–Trinajstić information content (AvgIpc) is 2.32. The second kappa shape index (κ2) is 4.09. The summed E-state index contributed by atoms with van der Waals surface area (Å²) in [5, 5.41) is 9.76. The Balaban J connectivity index is 2.45. The first-order valence-corrected chi connectivity index (χ1v) is 5.36. The van der Waals surface area contributed by atoms with Crippen LogP contribution >= 0.6 is 0 Å². The van der Waals surface area contributed by atoms with Crippen LogP contribution in [0.15, 0.2) is 16.9 Å². The lowest BCUT2D eigenvalue weighted by Gasteiger charge is -2.22. The maximum atomic E-state index is 11.6. The third kappa shape index (κ3) is 2.06. The molecule has 1 aliphatic carbocycles. The molecule has 0 amide bonds. The molecular weight excluding hydrogens is 190 g/mol. The average molecular weight is 210 g/mol. The zero-order chi connectivity index (χ0) is 13.3.